The lowest BCUT2D eigenvalue weighted by Gasteiger charge is -2.19. The van der Waals surface area contributed by atoms with E-state index in [0.29, 0.717) is 0 Å². The van der Waals surface area contributed by atoms with Gasteiger partial charge >= 0.3 is 12.1 Å². The molecule has 1 aliphatic rings. The second kappa shape index (κ2) is 9.62. The van der Waals surface area contributed by atoms with Gasteiger partial charge in [-0.2, -0.15) is 5.10 Å². The minimum Gasteiger partial charge on any atom is -0.477 e. The number of nitrogens with one attached hydrogen (secondary N) is 2. The number of benzene rings is 2. The first-order valence-electron chi connectivity index (χ1n) is 10.7. The highest BCUT2D eigenvalue weighted by Crippen LogP contribution is 2.44. The van der Waals surface area contributed by atoms with E-state index in [1.54, 1.807) is 0 Å². The molecule has 2 amide bonds. The zero-order valence-corrected chi connectivity index (χ0v) is 18.5. The molecule has 174 valence electrons. The number of aryl methyl sites for hydroxylation is 1. The number of ether oxygens (including phenoxy) is 1. The molecule has 0 saturated carbocycles. The molecule has 0 spiro atoms. The van der Waals surface area contributed by atoms with Gasteiger partial charge in [0.05, 0.1) is 6.20 Å². The molecule has 0 bridgehead atoms. The van der Waals surface area contributed by atoms with Crippen molar-refractivity contribution in [1.82, 2.24) is 15.1 Å². The Morgan fingerprint density at radius 2 is 1.76 bits per heavy atom. The van der Waals surface area contributed by atoms with Crippen molar-refractivity contribution in [2.75, 3.05) is 11.9 Å². The van der Waals surface area contributed by atoms with Crippen LogP contribution >= 0.6 is 0 Å². The van der Waals surface area contributed by atoms with Crippen LogP contribution in [0.3, 0.4) is 0 Å². The lowest BCUT2D eigenvalue weighted by Crippen LogP contribution is -2.44. The summed E-state index contributed by atoms with van der Waals surface area (Å²) in [5.41, 5.74) is 4.22. The van der Waals surface area contributed by atoms with Crippen molar-refractivity contribution in [3.8, 4) is 11.1 Å². The van der Waals surface area contributed by atoms with Gasteiger partial charge in [0, 0.05) is 13.0 Å². The van der Waals surface area contributed by atoms with Gasteiger partial charge in [-0.05, 0) is 28.7 Å². The molecule has 0 saturated heterocycles. The Morgan fingerprint density at radius 3 is 2.35 bits per heavy atom. The van der Waals surface area contributed by atoms with E-state index in [9.17, 15) is 19.5 Å². The zero-order chi connectivity index (χ0) is 24.2. The summed E-state index contributed by atoms with van der Waals surface area (Å²) in [6.07, 6.45) is 1.98. The summed E-state index contributed by atoms with van der Waals surface area (Å²) < 4.78 is 6.75. The van der Waals surface area contributed by atoms with Crippen molar-refractivity contribution >= 4 is 23.8 Å². The van der Waals surface area contributed by atoms with E-state index in [4.69, 9.17) is 4.74 Å². The third-order valence-corrected chi connectivity index (χ3v) is 5.77. The average molecular weight is 460 g/mol. The van der Waals surface area contributed by atoms with Gasteiger partial charge in [0.1, 0.15) is 24.0 Å². The van der Waals surface area contributed by atoms with E-state index >= 15 is 0 Å². The van der Waals surface area contributed by atoms with Gasteiger partial charge in [-0.3, -0.25) is 9.48 Å². The third kappa shape index (κ3) is 4.40. The summed E-state index contributed by atoms with van der Waals surface area (Å²) in [5.74, 6) is -1.94. The van der Waals surface area contributed by atoms with E-state index in [1.165, 1.54) is 17.8 Å². The number of nitrogens with zero attached hydrogens (tertiary/aromatic N) is 2. The summed E-state index contributed by atoms with van der Waals surface area (Å²) in [4.78, 5) is 36.8. The molecule has 0 fully saturated rings. The molecule has 9 nitrogen and oxygen atoms in total. The van der Waals surface area contributed by atoms with Crippen LogP contribution in [0.1, 0.15) is 33.8 Å². The van der Waals surface area contributed by atoms with Crippen LogP contribution in [0.5, 0.6) is 0 Å². The van der Waals surface area contributed by atoms with Crippen molar-refractivity contribution in [3.63, 3.8) is 0 Å². The number of anilines is 1. The van der Waals surface area contributed by atoms with Crippen molar-refractivity contribution in [2.45, 2.75) is 18.4 Å². The summed E-state index contributed by atoms with van der Waals surface area (Å²) in [5, 5.41) is 18.2. The Balaban J connectivity index is 1.43. The molecule has 3 N–H and O–H groups in total. The molecule has 1 unspecified atom stereocenters. The number of alkyl carbamates (subject to hydrolysis) is 1. The molecule has 0 radical (unpaired) electrons. The van der Waals surface area contributed by atoms with Crippen LogP contribution in [0, 0.1) is 0 Å². The normalized spacial score (nSPS) is 12.9. The lowest BCUT2D eigenvalue weighted by atomic mass is 9.98. The fourth-order valence-electron chi connectivity index (χ4n) is 4.13. The number of carbonyl (C=O) groups is 3. The molecule has 1 atom stereocenters. The van der Waals surface area contributed by atoms with Gasteiger partial charge in [-0.1, -0.05) is 54.6 Å². The number of hydrogen-bond acceptors (Lipinski definition) is 5. The van der Waals surface area contributed by atoms with E-state index in [2.05, 4.69) is 22.3 Å². The van der Waals surface area contributed by atoms with Crippen LogP contribution in [0.25, 0.3) is 11.1 Å². The van der Waals surface area contributed by atoms with Crippen molar-refractivity contribution in [2.24, 2.45) is 7.05 Å². The molecule has 0 aliphatic heterocycles. The van der Waals surface area contributed by atoms with E-state index in [-0.39, 0.29) is 30.3 Å². The number of carboxylic acids is 1. The topological polar surface area (TPSA) is 123 Å². The van der Waals surface area contributed by atoms with Crippen LogP contribution in [-0.2, 0) is 16.6 Å². The van der Waals surface area contributed by atoms with Crippen molar-refractivity contribution < 1.29 is 24.2 Å². The quantitative estimate of drug-likeness (QED) is 0.442. The molecule has 9 heteroatoms. The predicted octanol–water partition coefficient (Wildman–Crippen LogP) is 3.54. The number of hydrogen-bond donors (Lipinski definition) is 3. The first-order chi connectivity index (χ1) is 16.4. The highest BCUT2D eigenvalue weighted by molar-refractivity contribution is 6.01. The van der Waals surface area contributed by atoms with Crippen LogP contribution in [0.4, 0.5) is 10.6 Å². The van der Waals surface area contributed by atoms with Crippen molar-refractivity contribution in [1.29, 1.82) is 0 Å². The number of aromatic nitrogens is 2. The summed E-state index contributed by atoms with van der Waals surface area (Å²) in [6.45, 7) is 3.73. The van der Waals surface area contributed by atoms with E-state index < -0.39 is 24.0 Å². The number of fused-ring (bicyclic) bond motifs is 3. The molecular weight excluding hydrogens is 436 g/mol. The molecule has 1 aliphatic carbocycles. The predicted molar refractivity (Wildman–Crippen MR) is 126 cm³/mol. The number of carbonyl (C=O) groups excluding carboxylic acids is 2. The first kappa shape index (κ1) is 22.8. The summed E-state index contributed by atoms with van der Waals surface area (Å²) in [7, 11) is 1.50. The average Bonchev–Trinajstić information content (AvgIpc) is 3.35. The maximum atomic E-state index is 12.8. The van der Waals surface area contributed by atoms with E-state index in [1.807, 2.05) is 48.5 Å². The summed E-state index contributed by atoms with van der Waals surface area (Å²) >= 11 is 0. The Morgan fingerprint density at radius 1 is 1.15 bits per heavy atom. The molecule has 3 aromatic rings. The minimum atomic E-state index is -1.23. The second-order valence-corrected chi connectivity index (χ2v) is 7.87. The maximum Gasteiger partial charge on any atom is 0.407 e. The molecule has 34 heavy (non-hydrogen) atoms. The van der Waals surface area contributed by atoms with Gasteiger partial charge in [0.15, 0.2) is 0 Å². The van der Waals surface area contributed by atoms with E-state index in [0.717, 1.165) is 28.5 Å². The van der Waals surface area contributed by atoms with Gasteiger partial charge in [-0.15, -0.1) is 6.58 Å². The van der Waals surface area contributed by atoms with Gasteiger partial charge < -0.3 is 20.5 Å². The Bertz CT molecular complexity index is 1220. The van der Waals surface area contributed by atoms with Gasteiger partial charge in [0.2, 0.25) is 5.91 Å². The van der Waals surface area contributed by atoms with Crippen molar-refractivity contribution in [3.05, 3.63) is 84.1 Å². The molecular formula is C25H24N4O5. The Labute approximate surface area is 196 Å². The smallest absolute Gasteiger partial charge is 0.407 e. The summed E-state index contributed by atoms with van der Waals surface area (Å²) in [6, 6.07) is 15.0. The minimum absolute atomic E-state index is 0.0147. The van der Waals surface area contributed by atoms with Gasteiger partial charge in [0.25, 0.3) is 0 Å². The Hall–Kier alpha value is -4.40. The maximum absolute atomic E-state index is 12.8. The van der Waals surface area contributed by atoms with Gasteiger partial charge in [-0.25, -0.2) is 9.59 Å². The fourth-order valence-corrected chi connectivity index (χ4v) is 4.13. The first-order valence-corrected chi connectivity index (χ1v) is 10.7. The molecule has 1 heterocycles. The number of amides is 2. The SMILES string of the molecule is C=CCC(NC(=O)OCC1c2ccccc2-c2ccccc21)C(=O)Nc1c(C(=O)O)cnn1C. The highest BCUT2D eigenvalue weighted by atomic mass is 16.5. The second-order valence-electron chi connectivity index (χ2n) is 7.87. The molecule has 4 rings (SSSR count). The van der Waals surface area contributed by atoms with Crippen LogP contribution in [0.15, 0.2) is 67.4 Å². The van der Waals surface area contributed by atoms with Crippen LogP contribution in [0.2, 0.25) is 0 Å². The highest BCUT2D eigenvalue weighted by Gasteiger charge is 2.30. The zero-order valence-electron chi connectivity index (χ0n) is 18.5. The fraction of sp³-hybridized carbons (Fsp3) is 0.200. The monoisotopic (exact) mass is 460 g/mol. The molecule has 2 aromatic carbocycles. The lowest BCUT2D eigenvalue weighted by molar-refractivity contribution is -0.118. The Kier molecular flexibility index (Phi) is 6.44. The molecule has 1 aromatic heterocycles. The third-order valence-electron chi connectivity index (χ3n) is 5.77. The standard InChI is InChI=1S/C25H24N4O5/c1-3-8-21(23(30)28-22-19(24(31)32)13-26-29(22)2)27-25(33)34-14-20-17-11-6-4-9-15(17)16-10-5-7-12-18(16)20/h3-7,9-13,20-21H,1,8,14H2,2H3,(H,27,33)(H,28,30)(H,31,32). The largest absolute Gasteiger partial charge is 0.477 e. The number of rotatable bonds is 8. The van der Waals surface area contributed by atoms with Crippen LogP contribution in [-0.4, -0.2) is 45.5 Å². The number of carboxylic acid groups (broad SMARTS) is 1. The van der Waals surface area contributed by atoms with Crippen LogP contribution < -0.4 is 10.6 Å². The number of aromatic carboxylic acids is 1.